The van der Waals surface area contributed by atoms with Gasteiger partial charge in [-0.3, -0.25) is 19.3 Å². The Morgan fingerprint density at radius 1 is 1.33 bits per heavy atom. The number of nitrogens with zero attached hydrogens (tertiary/aromatic N) is 4. The zero-order valence-electron chi connectivity index (χ0n) is 13.9. The van der Waals surface area contributed by atoms with Crippen molar-refractivity contribution in [2.45, 2.75) is 32.4 Å². The zero-order chi connectivity index (χ0) is 17.1. The van der Waals surface area contributed by atoms with E-state index in [9.17, 15) is 9.59 Å². The van der Waals surface area contributed by atoms with E-state index in [0.29, 0.717) is 18.8 Å². The van der Waals surface area contributed by atoms with Crippen molar-refractivity contribution in [2.24, 2.45) is 7.05 Å². The molecule has 1 aliphatic rings. The molecule has 2 amide bonds. The molecule has 0 saturated carbocycles. The summed E-state index contributed by atoms with van der Waals surface area (Å²) in [6.07, 6.45) is 3.60. The molecule has 1 saturated heterocycles. The van der Waals surface area contributed by atoms with E-state index in [1.807, 2.05) is 23.1 Å². The van der Waals surface area contributed by atoms with E-state index in [1.54, 1.807) is 24.0 Å². The molecule has 1 N–H and O–H groups in total. The Morgan fingerprint density at radius 3 is 2.88 bits per heavy atom. The minimum atomic E-state index is -0.0879. The number of pyridine rings is 1. The highest BCUT2D eigenvalue weighted by Crippen LogP contribution is 2.31. The molecule has 1 fully saturated rings. The molecule has 126 valence electrons. The molecule has 3 heterocycles. The first kappa shape index (κ1) is 16.2. The van der Waals surface area contributed by atoms with Crippen LogP contribution in [0, 0.1) is 0 Å². The molecular formula is C17H21N5O2. The summed E-state index contributed by atoms with van der Waals surface area (Å²) in [6.45, 7) is 2.58. The maximum atomic E-state index is 12.7. The third kappa shape index (κ3) is 3.45. The molecular weight excluding hydrogens is 306 g/mol. The second-order valence-corrected chi connectivity index (χ2v) is 5.99. The number of aryl methyl sites for hydroxylation is 1. The summed E-state index contributed by atoms with van der Waals surface area (Å²) in [4.78, 5) is 30.2. The van der Waals surface area contributed by atoms with E-state index in [1.165, 1.54) is 6.92 Å². The van der Waals surface area contributed by atoms with Gasteiger partial charge in [0.05, 0.1) is 24.0 Å². The van der Waals surface area contributed by atoms with Crippen molar-refractivity contribution in [3.05, 3.63) is 47.5 Å². The maximum Gasteiger partial charge on any atom is 0.274 e. The van der Waals surface area contributed by atoms with Crippen molar-refractivity contribution in [2.75, 3.05) is 6.54 Å². The fraction of sp³-hybridized carbons (Fsp3) is 0.412. The monoisotopic (exact) mass is 327 g/mol. The highest BCUT2D eigenvalue weighted by atomic mass is 16.2. The number of carbonyl (C=O) groups is 2. The third-order valence-electron chi connectivity index (χ3n) is 4.13. The Balaban J connectivity index is 1.79. The Kier molecular flexibility index (Phi) is 4.59. The Bertz CT molecular complexity index is 755. The van der Waals surface area contributed by atoms with Gasteiger partial charge in [0, 0.05) is 26.7 Å². The van der Waals surface area contributed by atoms with Crippen LogP contribution >= 0.6 is 0 Å². The lowest BCUT2D eigenvalue weighted by Crippen LogP contribution is -2.31. The lowest BCUT2D eigenvalue weighted by Gasteiger charge is -2.24. The molecule has 7 heteroatoms. The molecule has 0 spiro atoms. The van der Waals surface area contributed by atoms with Crippen LogP contribution in [0.5, 0.6) is 0 Å². The SMILES string of the molecule is CC(=O)NCc1cccc(C2CCCN2C(=O)c2ccn(C)n2)n1. The molecule has 2 aromatic heterocycles. The van der Waals surface area contributed by atoms with E-state index >= 15 is 0 Å². The van der Waals surface area contributed by atoms with Crippen molar-refractivity contribution in [3.8, 4) is 0 Å². The normalized spacial score (nSPS) is 17.1. The molecule has 2 aromatic rings. The molecule has 1 aliphatic heterocycles. The number of amides is 2. The van der Waals surface area contributed by atoms with Gasteiger partial charge in [-0.15, -0.1) is 0 Å². The predicted octanol–water partition coefficient (Wildman–Crippen LogP) is 1.43. The van der Waals surface area contributed by atoms with Gasteiger partial charge in [-0.2, -0.15) is 5.10 Å². The van der Waals surface area contributed by atoms with Gasteiger partial charge in [-0.25, -0.2) is 0 Å². The van der Waals surface area contributed by atoms with Crippen LogP contribution in [-0.4, -0.2) is 38.0 Å². The van der Waals surface area contributed by atoms with Crippen LogP contribution in [0.4, 0.5) is 0 Å². The fourth-order valence-electron chi connectivity index (χ4n) is 2.99. The zero-order valence-corrected chi connectivity index (χ0v) is 13.9. The summed E-state index contributed by atoms with van der Waals surface area (Å²) in [6, 6.07) is 7.42. The molecule has 0 bridgehead atoms. The van der Waals surface area contributed by atoms with Crippen molar-refractivity contribution >= 4 is 11.8 Å². The molecule has 0 aromatic carbocycles. The first-order valence-electron chi connectivity index (χ1n) is 8.05. The van der Waals surface area contributed by atoms with Gasteiger partial charge in [0.1, 0.15) is 5.69 Å². The van der Waals surface area contributed by atoms with Crippen molar-refractivity contribution in [1.29, 1.82) is 0 Å². The number of nitrogens with one attached hydrogen (secondary N) is 1. The van der Waals surface area contributed by atoms with Gasteiger partial charge >= 0.3 is 0 Å². The van der Waals surface area contributed by atoms with E-state index in [2.05, 4.69) is 15.4 Å². The van der Waals surface area contributed by atoms with E-state index in [-0.39, 0.29) is 17.9 Å². The average molecular weight is 327 g/mol. The van der Waals surface area contributed by atoms with Crippen LogP contribution < -0.4 is 5.32 Å². The Hall–Kier alpha value is -2.70. The van der Waals surface area contributed by atoms with Gasteiger partial charge < -0.3 is 10.2 Å². The van der Waals surface area contributed by atoms with Gasteiger partial charge in [-0.1, -0.05) is 6.07 Å². The van der Waals surface area contributed by atoms with Gasteiger partial charge in [0.25, 0.3) is 5.91 Å². The Morgan fingerprint density at radius 2 is 2.17 bits per heavy atom. The lowest BCUT2D eigenvalue weighted by molar-refractivity contribution is -0.119. The second kappa shape index (κ2) is 6.82. The van der Waals surface area contributed by atoms with Gasteiger partial charge in [-0.05, 0) is 31.0 Å². The van der Waals surface area contributed by atoms with Crippen LogP contribution in [0.25, 0.3) is 0 Å². The van der Waals surface area contributed by atoms with Crippen molar-refractivity contribution in [1.82, 2.24) is 25.0 Å². The predicted molar refractivity (Wildman–Crippen MR) is 88.0 cm³/mol. The molecule has 1 atom stereocenters. The molecule has 24 heavy (non-hydrogen) atoms. The largest absolute Gasteiger partial charge is 0.351 e. The quantitative estimate of drug-likeness (QED) is 0.921. The molecule has 1 unspecified atom stereocenters. The second-order valence-electron chi connectivity index (χ2n) is 5.99. The van der Waals surface area contributed by atoms with Crippen LogP contribution in [-0.2, 0) is 18.4 Å². The fourth-order valence-corrected chi connectivity index (χ4v) is 2.99. The average Bonchev–Trinajstić information content (AvgIpc) is 3.21. The minimum absolute atomic E-state index is 0.0446. The first-order chi connectivity index (χ1) is 11.5. The van der Waals surface area contributed by atoms with Gasteiger partial charge in [0.2, 0.25) is 5.91 Å². The number of carbonyl (C=O) groups excluding carboxylic acids is 2. The Labute approximate surface area is 140 Å². The number of hydrogen-bond donors (Lipinski definition) is 1. The summed E-state index contributed by atoms with van der Waals surface area (Å²) in [5, 5.41) is 6.95. The standard InChI is InChI=1S/C17H21N5O2/c1-12(23)18-11-13-5-3-6-14(19-13)16-7-4-9-22(16)17(24)15-8-10-21(2)20-15/h3,5-6,8,10,16H,4,7,9,11H2,1-2H3,(H,18,23). The summed E-state index contributed by atoms with van der Waals surface area (Å²) < 4.78 is 1.63. The summed E-state index contributed by atoms with van der Waals surface area (Å²) in [5.74, 6) is -0.151. The van der Waals surface area contributed by atoms with Crippen LogP contribution in [0.1, 0.15) is 47.7 Å². The van der Waals surface area contributed by atoms with Crippen LogP contribution in [0.2, 0.25) is 0 Å². The van der Waals surface area contributed by atoms with Crippen molar-refractivity contribution in [3.63, 3.8) is 0 Å². The molecule has 7 nitrogen and oxygen atoms in total. The lowest BCUT2D eigenvalue weighted by atomic mass is 10.1. The maximum absolute atomic E-state index is 12.7. The van der Waals surface area contributed by atoms with Crippen molar-refractivity contribution < 1.29 is 9.59 Å². The summed E-state index contributed by atoms with van der Waals surface area (Å²) in [5.41, 5.74) is 2.11. The first-order valence-corrected chi connectivity index (χ1v) is 8.05. The number of hydrogen-bond acceptors (Lipinski definition) is 4. The topological polar surface area (TPSA) is 80.1 Å². The summed E-state index contributed by atoms with van der Waals surface area (Å²) in [7, 11) is 1.80. The van der Waals surface area contributed by atoms with E-state index < -0.39 is 0 Å². The molecule has 0 aliphatic carbocycles. The van der Waals surface area contributed by atoms with Gasteiger partial charge in [0.15, 0.2) is 0 Å². The van der Waals surface area contributed by atoms with Crippen LogP contribution in [0.3, 0.4) is 0 Å². The molecule has 0 radical (unpaired) electrons. The number of rotatable bonds is 4. The smallest absolute Gasteiger partial charge is 0.274 e. The van der Waals surface area contributed by atoms with Crippen LogP contribution in [0.15, 0.2) is 30.5 Å². The minimum Gasteiger partial charge on any atom is -0.351 e. The van der Waals surface area contributed by atoms with E-state index in [0.717, 1.165) is 24.2 Å². The number of likely N-dealkylation sites (tertiary alicyclic amines) is 1. The number of aromatic nitrogens is 3. The van der Waals surface area contributed by atoms with E-state index in [4.69, 9.17) is 0 Å². The highest BCUT2D eigenvalue weighted by molar-refractivity contribution is 5.92. The molecule has 3 rings (SSSR count). The summed E-state index contributed by atoms with van der Waals surface area (Å²) >= 11 is 0. The third-order valence-corrected chi connectivity index (χ3v) is 4.13. The highest BCUT2D eigenvalue weighted by Gasteiger charge is 2.32.